The molecule has 2 aliphatic rings. The minimum absolute atomic E-state index is 0.116. The molecule has 0 spiro atoms. The Morgan fingerprint density at radius 1 is 1.32 bits per heavy atom. The van der Waals surface area contributed by atoms with E-state index in [4.69, 9.17) is 0 Å². The van der Waals surface area contributed by atoms with Crippen LogP contribution < -0.4 is 10.6 Å². The average molecular weight is 374 g/mol. The zero-order chi connectivity index (χ0) is 17.2. The second-order valence-corrected chi connectivity index (χ2v) is 8.05. The van der Waals surface area contributed by atoms with Gasteiger partial charge in [-0.1, -0.05) is 11.9 Å². The van der Waals surface area contributed by atoms with E-state index in [1.807, 2.05) is 34.2 Å². The summed E-state index contributed by atoms with van der Waals surface area (Å²) in [4.78, 5) is 25.6. The smallest absolute Gasteiger partial charge is 0.273 e. The monoisotopic (exact) mass is 374 g/mol. The first kappa shape index (κ1) is 16.6. The van der Waals surface area contributed by atoms with E-state index in [9.17, 15) is 9.59 Å². The number of nitrogens with zero attached hydrogens (tertiary/aromatic N) is 2. The van der Waals surface area contributed by atoms with Crippen molar-refractivity contribution in [1.82, 2.24) is 13.6 Å². The Kier molecular flexibility index (Phi) is 4.74. The Morgan fingerprint density at radius 2 is 2.24 bits per heavy atom. The molecule has 0 unspecified atom stereocenters. The van der Waals surface area contributed by atoms with Gasteiger partial charge < -0.3 is 10.6 Å². The van der Waals surface area contributed by atoms with Crippen molar-refractivity contribution in [3.05, 3.63) is 47.8 Å². The molecule has 0 bridgehead atoms. The van der Waals surface area contributed by atoms with Gasteiger partial charge in [-0.05, 0) is 48.7 Å². The molecule has 1 fully saturated rings. The minimum atomic E-state index is -0.167. The van der Waals surface area contributed by atoms with E-state index in [2.05, 4.69) is 14.9 Å². The molecule has 0 radical (unpaired) electrons. The summed E-state index contributed by atoms with van der Waals surface area (Å²) in [6.45, 7) is 2.56. The summed E-state index contributed by atoms with van der Waals surface area (Å²) >= 11 is 3.30. The molecule has 1 saturated heterocycles. The molecule has 6 nitrogen and oxygen atoms in total. The Bertz CT molecular complexity index is 815. The maximum atomic E-state index is 12.4. The molecular weight excluding hydrogens is 356 g/mol. The van der Waals surface area contributed by atoms with Crippen molar-refractivity contribution in [2.24, 2.45) is 0 Å². The van der Waals surface area contributed by atoms with Crippen molar-refractivity contribution in [1.29, 1.82) is 0 Å². The van der Waals surface area contributed by atoms with Crippen molar-refractivity contribution in [2.75, 3.05) is 30.7 Å². The first-order valence-electron chi connectivity index (χ1n) is 8.18. The summed E-state index contributed by atoms with van der Waals surface area (Å²) in [6, 6.07) is 9.03. The van der Waals surface area contributed by atoms with Gasteiger partial charge in [0.25, 0.3) is 11.8 Å². The molecule has 0 atom stereocenters. The number of hydrogen-bond acceptors (Lipinski definition) is 5. The summed E-state index contributed by atoms with van der Waals surface area (Å²) in [7, 11) is 0. The lowest BCUT2D eigenvalue weighted by molar-refractivity contribution is 0.0950. The third-order valence-electron chi connectivity index (χ3n) is 4.10. The molecule has 2 aromatic rings. The van der Waals surface area contributed by atoms with Gasteiger partial charge in [0.2, 0.25) is 0 Å². The lowest BCUT2D eigenvalue weighted by Crippen LogP contribution is -2.31. The fraction of sp³-hybridized carbons (Fsp3) is 0.294. The second-order valence-electron chi connectivity index (χ2n) is 5.85. The molecule has 4 rings (SSSR count). The number of hydrogen-bond donors (Lipinski definition) is 2. The number of fused-ring (bicyclic) bond motifs is 2. The third-order valence-corrected chi connectivity index (χ3v) is 6.37. The first-order valence-corrected chi connectivity index (χ1v) is 9.89. The Labute approximate surface area is 154 Å². The molecule has 1 aromatic heterocycles. The normalized spacial score (nSPS) is 16.7. The summed E-state index contributed by atoms with van der Waals surface area (Å²) < 4.78 is 4.11. The van der Waals surface area contributed by atoms with Crippen LogP contribution in [0.25, 0.3) is 0 Å². The van der Waals surface area contributed by atoms with Crippen LogP contribution in [-0.2, 0) is 0 Å². The summed E-state index contributed by atoms with van der Waals surface area (Å²) in [6.07, 6.45) is 3.06. The second kappa shape index (κ2) is 7.15. The fourth-order valence-corrected chi connectivity index (χ4v) is 4.75. The molecule has 25 heavy (non-hydrogen) atoms. The number of rotatable bonds is 4. The maximum absolute atomic E-state index is 12.4. The largest absolute Gasteiger partial charge is 0.351 e. The van der Waals surface area contributed by atoms with E-state index in [0.717, 1.165) is 18.0 Å². The molecule has 2 amide bonds. The molecule has 130 valence electrons. The van der Waals surface area contributed by atoms with Crippen LogP contribution in [-0.4, -0.2) is 45.5 Å². The van der Waals surface area contributed by atoms with E-state index < -0.39 is 0 Å². The van der Waals surface area contributed by atoms with Crippen molar-refractivity contribution in [3.8, 4) is 0 Å². The van der Waals surface area contributed by atoms with Crippen LogP contribution in [0.3, 0.4) is 0 Å². The number of carbonyl (C=O) groups is 2. The Morgan fingerprint density at radius 3 is 3.08 bits per heavy atom. The third kappa shape index (κ3) is 3.56. The minimum Gasteiger partial charge on any atom is -0.351 e. The molecule has 8 heteroatoms. The van der Waals surface area contributed by atoms with E-state index in [-0.39, 0.29) is 11.8 Å². The van der Waals surface area contributed by atoms with Gasteiger partial charge in [-0.3, -0.25) is 13.6 Å². The Hall–Kier alpha value is -1.90. The van der Waals surface area contributed by atoms with Crippen LogP contribution in [0.1, 0.15) is 27.3 Å². The quantitative estimate of drug-likeness (QED) is 0.806. The number of aromatic nitrogens is 1. The van der Waals surface area contributed by atoms with Gasteiger partial charge in [-0.25, -0.2) is 4.31 Å². The Balaban J connectivity index is 1.44. The predicted molar refractivity (Wildman–Crippen MR) is 101 cm³/mol. The summed E-state index contributed by atoms with van der Waals surface area (Å²) in [5.41, 5.74) is 1.82. The number of anilines is 1. The first-order chi connectivity index (χ1) is 12.2. The van der Waals surface area contributed by atoms with Crippen LogP contribution in [0.4, 0.5) is 5.69 Å². The fourth-order valence-electron chi connectivity index (χ4n) is 2.83. The van der Waals surface area contributed by atoms with Gasteiger partial charge >= 0.3 is 0 Å². The van der Waals surface area contributed by atoms with Crippen LogP contribution in [0.2, 0.25) is 0 Å². The van der Waals surface area contributed by atoms with Crippen molar-refractivity contribution in [3.63, 3.8) is 0 Å². The lowest BCUT2D eigenvalue weighted by Gasteiger charge is -2.14. The van der Waals surface area contributed by atoms with Gasteiger partial charge in [-0.15, -0.1) is 0 Å². The summed E-state index contributed by atoms with van der Waals surface area (Å²) in [5, 5.41) is 5.84. The topological polar surface area (TPSA) is 66.4 Å². The zero-order valence-corrected chi connectivity index (χ0v) is 15.2. The molecule has 0 aliphatic carbocycles. The molecule has 2 N–H and O–H groups in total. The number of carbonyl (C=O) groups excluding carboxylic acids is 2. The highest BCUT2D eigenvalue weighted by Gasteiger charge is 2.20. The van der Waals surface area contributed by atoms with Gasteiger partial charge in [0.1, 0.15) is 5.69 Å². The summed E-state index contributed by atoms with van der Waals surface area (Å²) in [5.74, 6) is 0.883. The van der Waals surface area contributed by atoms with E-state index >= 15 is 0 Å². The SMILES string of the molecule is O=C(NCCN1CCCS1)c1ccc2c(c1)NC(=O)c1cccn1S2. The highest BCUT2D eigenvalue weighted by Crippen LogP contribution is 2.33. The van der Waals surface area contributed by atoms with E-state index in [1.54, 1.807) is 18.2 Å². The predicted octanol–water partition coefficient (Wildman–Crippen LogP) is 2.69. The molecule has 2 aliphatic heterocycles. The van der Waals surface area contributed by atoms with Crippen LogP contribution in [0, 0.1) is 0 Å². The lowest BCUT2D eigenvalue weighted by atomic mass is 10.2. The van der Waals surface area contributed by atoms with Crippen molar-refractivity contribution < 1.29 is 9.59 Å². The number of nitrogens with one attached hydrogen (secondary N) is 2. The van der Waals surface area contributed by atoms with Gasteiger partial charge in [0, 0.05) is 37.1 Å². The molecular formula is C17H18N4O2S2. The van der Waals surface area contributed by atoms with Crippen molar-refractivity contribution >= 4 is 41.4 Å². The van der Waals surface area contributed by atoms with E-state index in [1.165, 1.54) is 24.1 Å². The number of benzene rings is 1. The van der Waals surface area contributed by atoms with Crippen molar-refractivity contribution in [2.45, 2.75) is 11.3 Å². The zero-order valence-electron chi connectivity index (χ0n) is 13.5. The van der Waals surface area contributed by atoms with Gasteiger partial charge in [0.15, 0.2) is 0 Å². The van der Waals surface area contributed by atoms with Gasteiger partial charge in [0.05, 0.1) is 10.6 Å². The highest BCUT2D eigenvalue weighted by molar-refractivity contribution is 7.98. The molecule has 3 heterocycles. The molecule has 0 saturated carbocycles. The molecule has 1 aromatic carbocycles. The average Bonchev–Trinajstić information content (AvgIpc) is 3.26. The maximum Gasteiger partial charge on any atom is 0.273 e. The van der Waals surface area contributed by atoms with E-state index in [0.29, 0.717) is 23.5 Å². The highest BCUT2D eigenvalue weighted by atomic mass is 32.2. The standard InChI is InChI=1S/C17H18N4O2S2/c22-16(18-6-9-20-7-2-10-24-20)12-4-5-15-13(11-12)19-17(23)14-3-1-8-21(14)25-15/h1,3-5,8,11H,2,6-7,9-10H2,(H,18,22)(H,19,23). The van der Waals surface area contributed by atoms with Gasteiger partial charge in [-0.2, -0.15) is 0 Å². The van der Waals surface area contributed by atoms with Crippen LogP contribution in [0.5, 0.6) is 0 Å². The van der Waals surface area contributed by atoms with Crippen LogP contribution >= 0.6 is 23.9 Å². The number of amides is 2. The van der Waals surface area contributed by atoms with Crippen LogP contribution in [0.15, 0.2) is 41.4 Å².